The van der Waals surface area contributed by atoms with Crippen LogP contribution in [-0.4, -0.2) is 25.2 Å². The van der Waals surface area contributed by atoms with E-state index in [2.05, 4.69) is 10.6 Å². The highest BCUT2D eigenvalue weighted by atomic mass is 16.7. The van der Waals surface area contributed by atoms with Gasteiger partial charge in [-0.1, -0.05) is 6.07 Å². The topological polar surface area (TPSA) is 85.9 Å². The SMILES string of the molecule is CCOc1ccc(NC(=O)CC(=O)NCc2ccc3c(c2)OCO3)cc1. The van der Waals surface area contributed by atoms with E-state index in [9.17, 15) is 9.59 Å². The van der Waals surface area contributed by atoms with Crippen molar-refractivity contribution in [2.45, 2.75) is 19.9 Å². The Labute approximate surface area is 151 Å². The van der Waals surface area contributed by atoms with Gasteiger partial charge in [0.15, 0.2) is 11.5 Å². The summed E-state index contributed by atoms with van der Waals surface area (Å²) in [5.74, 6) is 1.34. The third-order valence-electron chi connectivity index (χ3n) is 3.70. The number of carbonyl (C=O) groups excluding carboxylic acids is 2. The zero-order chi connectivity index (χ0) is 18.4. The zero-order valence-corrected chi connectivity index (χ0v) is 14.4. The molecule has 0 radical (unpaired) electrons. The summed E-state index contributed by atoms with van der Waals surface area (Å²) in [6.45, 7) is 3.00. The molecule has 1 aliphatic rings. The molecule has 1 heterocycles. The van der Waals surface area contributed by atoms with Gasteiger partial charge in [0.05, 0.1) is 6.61 Å². The lowest BCUT2D eigenvalue weighted by Gasteiger charge is -2.08. The number of nitrogens with one attached hydrogen (secondary N) is 2. The quantitative estimate of drug-likeness (QED) is 0.745. The summed E-state index contributed by atoms with van der Waals surface area (Å²) < 4.78 is 15.9. The van der Waals surface area contributed by atoms with Crippen molar-refractivity contribution in [3.8, 4) is 17.2 Å². The summed E-state index contributed by atoms with van der Waals surface area (Å²) in [5.41, 5.74) is 1.48. The highest BCUT2D eigenvalue weighted by molar-refractivity contribution is 6.03. The van der Waals surface area contributed by atoms with Crippen LogP contribution in [0.15, 0.2) is 42.5 Å². The molecule has 0 aliphatic carbocycles. The van der Waals surface area contributed by atoms with Crippen LogP contribution in [0.4, 0.5) is 5.69 Å². The summed E-state index contributed by atoms with van der Waals surface area (Å²) in [5, 5.41) is 5.40. The average molecular weight is 356 g/mol. The van der Waals surface area contributed by atoms with E-state index in [1.165, 1.54) is 0 Å². The van der Waals surface area contributed by atoms with Crippen LogP contribution in [0.25, 0.3) is 0 Å². The third-order valence-corrected chi connectivity index (χ3v) is 3.70. The van der Waals surface area contributed by atoms with Crippen LogP contribution in [0.5, 0.6) is 17.2 Å². The molecule has 3 rings (SSSR count). The van der Waals surface area contributed by atoms with Crippen molar-refractivity contribution in [2.75, 3.05) is 18.7 Å². The van der Waals surface area contributed by atoms with Crippen molar-refractivity contribution in [1.82, 2.24) is 5.32 Å². The lowest BCUT2D eigenvalue weighted by Crippen LogP contribution is -2.27. The summed E-state index contributed by atoms with van der Waals surface area (Å²) in [7, 11) is 0. The van der Waals surface area contributed by atoms with Crippen LogP contribution in [0.2, 0.25) is 0 Å². The molecule has 2 aromatic carbocycles. The first-order valence-corrected chi connectivity index (χ1v) is 8.32. The monoisotopic (exact) mass is 356 g/mol. The standard InChI is InChI=1S/C19H20N2O5/c1-2-24-15-6-4-14(5-7-15)21-19(23)10-18(22)20-11-13-3-8-16-17(9-13)26-12-25-16/h3-9H,2,10-12H2,1H3,(H,20,22)(H,21,23). The lowest BCUT2D eigenvalue weighted by atomic mass is 10.2. The second kappa shape index (κ2) is 8.24. The Balaban J connectivity index is 1.44. The maximum absolute atomic E-state index is 12.0. The van der Waals surface area contributed by atoms with Crippen molar-refractivity contribution < 1.29 is 23.8 Å². The lowest BCUT2D eigenvalue weighted by molar-refractivity contribution is -0.126. The highest BCUT2D eigenvalue weighted by Crippen LogP contribution is 2.32. The minimum absolute atomic E-state index is 0.205. The predicted molar refractivity (Wildman–Crippen MR) is 95.3 cm³/mol. The fraction of sp³-hybridized carbons (Fsp3) is 0.263. The van der Waals surface area contributed by atoms with Crippen LogP contribution in [0, 0.1) is 0 Å². The van der Waals surface area contributed by atoms with Gasteiger partial charge in [-0.25, -0.2) is 0 Å². The van der Waals surface area contributed by atoms with Crippen molar-refractivity contribution in [3.05, 3.63) is 48.0 Å². The van der Waals surface area contributed by atoms with Crippen molar-refractivity contribution in [2.24, 2.45) is 0 Å². The first-order valence-electron chi connectivity index (χ1n) is 8.32. The molecule has 26 heavy (non-hydrogen) atoms. The fourth-order valence-electron chi connectivity index (χ4n) is 2.47. The van der Waals surface area contributed by atoms with Gasteiger partial charge in [-0.3, -0.25) is 9.59 Å². The Morgan fingerprint density at radius 2 is 1.81 bits per heavy atom. The molecule has 1 aliphatic heterocycles. The third kappa shape index (κ3) is 4.66. The van der Waals surface area contributed by atoms with Gasteiger partial charge in [-0.05, 0) is 48.9 Å². The number of fused-ring (bicyclic) bond motifs is 1. The molecule has 0 atom stereocenters. The largest absolute Gasteiger partial charge is 0.494 e. The van der Waals surface area contributed by atoms with Gasteiger partial charge in [0, 0.05) is 12.2 Å². The molecule has 0 spiro atoms. The molecule has 0 fully saturated rings. The average Bonchev–Trinajstić information content (AvgIpc) is 3.09. The first-order chi connectivity index (χ1) is 12.6. The van der Waals surface area contributed by atoms with Gasteiger partial charge in [0.1, 0.15) is 12.2 Å². The van der Waals surface area contributed by atoms with Crippen LogP contribution < -0.4 is 24.8 Å². The van der Waals surface area contributed by atoms with Crippen LogP contribution >= 0.6 is 0 Å². The number of ether oxygens (including phenoxy) is 3. The van der Waals surface area contributed by atoms with E-state index in [-0.39, 0.29) is 25.0 Å². The Hall–Kier alpha value is -3.22. The maximum atomic E-state index is 12.0. The summed E-state index contributed by atoms with van der Waals surface area (Å²) >= 11 is 0. The first kappa shape index (κ1) is 17.6. The molecule has 0 bridgehead atoms. The molecule has 7 nitrogen and oxygen atoms in total. The van der Waals surface area contributed by atoms with Gasteiger partial charge in [0.2, 0.25) is 18.6 Å². The number of hydrogen-bond donors (Lipinski definition) is 2. The molecule has 0 saturated carbocycles. The molecule has 136 valence electrons. The predicted octanol–water partition coefficient (Wildman–Crippen LogP) is 2.46. The molecular weight excluding hydrogens is 336 g/mol. The van der Waals surface area contributed by atoms with Gasteiger partial charge in [-0.2, -0.15) is 0 Å². The minimum Gasteiger partial charge on any atom is -0.494 e. The second-order valence-corrected chi connectivity index (χ2v) is 5.65. The maximum Gasteiger partial charge on any atom is 0.233 e. The Bertz CT molecular complexity index is 789. The molecule has 0 aromatic heterocycles. The van der Waals surface area contributed by atoms with Gasteiger partial charge in [-0.15, -0.1) is 0 Å². The number of hydrogen-bond acceptors (Lipinski definition) is 5. The zero-order valence-electron chi connectivity index (χ0n) is 14.4. The number of anilines is 1. The molecule has 2 N–H and O–H groups in total. The van der Waals surface area contributed by atoms with E-state index < -0.39 is 0 Å². The van der Waals surface area contributed by atoms with Crippen molar-refractivity contribution in [1.29, 1.82) is 0 Å². The van der Waals surface area contributed by atoms with E-state index in [0.29, 0.717) is 30.3 Å². The van der Waals surface area contributed by atoms with Crippen molar-refractivity contribution in [3.63, 3.8) is 0 Å². The molecular formula is C19H20N2O5. The van der Waals surface area contributed by atoms with E-state index in [4.69, 9.17) is 14.2 Å². The number of benzene rings is 2. The Morgan fingerprint density at radius 3 is 2.58 bits per heavy atom. The van der Waals surface area contributed by atoms with Crippen molar-refractivity contribution >= 4 is 17.5 Å². The molecule has 0 saturated heterocycles. The second-order valence-electron chi connectivity index (χ2n) is 5.65. The van der Waals surface area contributed by atoms with E-state index >= 15 is 0 Å². The van der Waals surface area contributed by atoms with Gasteiger partial charge in [0.25, 0.3) is 0 Å². The summed E-state index contributed by atoms with van der Waals surface area (Å²) in [4.78, 5) is 23.9. The number of amides is 2. The minimum atomic E-state index is -0.377. The summed E-state index contributed by atoms with van der Waals surface area (Å²) in [6, 6.07) is 12.4. The fourth-order valence-corrected chi connectivity index (χ4v) is 2.47. The van der Waals surface area contributed by atoms with Crippen LogP contribution in [0.3, 0.4) is 0 Å². The van der Waals surface area contributed by atoms with E-state index in [1.807, 2.05) is 19.1 Å². The van der Waals surface area contributed by atoms with E-state index in [0.717, 1.165) is 11.3 Å². The van der Waals surface area contributed by atoms with Gasteiger partial charge >= 0.3 is 0 Å². The normalized spacial score (nSPS) is 11.7. The number of rotatable bonds is 7. The molecule has 2 amide bonds. The highest BCUT2D eigenvalue weighted by Gasteiger charge is 2.14. The molecule has 2 aromatic rings. The number of carbonyl (C=O) groups is 2. The summed E-state index contributed by atoms with van der Waals surface area (Å²) in [6.07, 6.45) is -0.252. The van der Waals surface area contributed by atoms with Crippen LogP contribution in [-0.2, 0) is 16.1 Å². The molecule has 7 heteroatoms. The van der Waals surface area contributed by atoms with E-state index in [1.54, 1.807) is 30.3 Å². The van der Waals surface area contributed by atoms with Gasteiger partial charge < -0.3 is 24.8 Å². The Morgan fingerprint density at radius 1 is 1.04 bits per heavy atom. The smallest absolute Gasteiger partial charge is 0.233 e. The molecule has 0 unspecified atom stereocenters. The van der Waals surface area contributed by atoms with Crippen LogP contribution in [0.1, 0.15) is 18.9 Å². The Kier molecular flexibility index (Phi) is 5.58.